The monoisotopic (exact) mass is 242 g/mol. The summed E-state index contributed by atoms with van der Waals surface area (Å²) in [6, 6.07) is 15.3. The average Bonchev–Trinajstić information content (AvgIpc) is 2.39. The average molecular weight is 243 g/mol. The minimum Gasteiger partial charge on any atom is -0.497 e. The third kappa shape index (κ3) is 2.64. The Morgan fingerprint density at radius 1 is 1.06 bits per heavy atom. The molecule has 0 N–H and O–H groups in total. The number of rotatable bonds is 3. The normalized spacial score (nSPS) is 12.1. The minimum absolute atomic E-state index is 0.213. The molecule has 17 heavy (non-hydrogen) atoms. The lowest BCUT2D eigenvalue weighted by Crippen LogP contribution is -2.01. The summed E-state index contributed by atoms with van der Waals surface area (Å²) in [4.78, 5) is 0. The summed E-state index contributed by atoms with van der Waals surface area (Å²) in [5.41, 5.74) is 1.94. The maximum Gasteiger partial charge on any atom is 0.118 e. The molecule has 0 heterocycles. The molecule has 0 fully saturated rings. The van der Waals surface area contributed by atoms with E-state index in [9.17, 15) is 0 Å². The zero-order valence-corrected chi connectivity index (χ0v) is 10.3. The van der Waals surface area contributed by atoms with E-state index in [2.05, 4.69) is 0 Å². The number of benzene rings is 2. The SMILES string of the molecule is [B]C(c1ccc(OC)cc1)c1ccccc1Cl. The fraction of sp³-hybridized carbons (Fsp3) is 0.143. The lowest BCUT2D eigenvalue weighted by atomic mass is 9.76. The first-order chi connectivity index (χ1) is 8.22. The van der Waals surface area contributed by atoms with E-state index in [-0.39, 0.29) is 5.82 Å². The quantitative estimate of drug-likeness (QED) is 0.747. The van der Waals surface area contributed by atoms with Crippen LogP contribution in [0.2, 0.25) is 5.02 Å². The number of ether oxygens (including phenoxy) is 1. The van der Waals surface area contributed by atoms with Crippen LogP contribution in [0.1, 0.15) is 16.9 Å². The molecule has 0 saturated heterocycles. The molecule has 0 spiro atoms. The van der Waals surface area contributed by atoms with Gasteiger partial charge in [0.1, 0.15) is 5.75 Å². The molecule has 0 bridgehead atoms. The second-order valence-corrected chi connectivity index (χ2v) is 4.18. The van der Waals surface area contributed by atoms with Crippen molar-refractivity contribution < 1.29 is 4.74 Å². The van der Waals surface area contributed by atoms with Crippen LogP contribution in [0.25, 0.3) is 0 Å². The Hall–Kier alpha value is -1.41. The number of halogens is 1. The van der Waals surface area contributed by atoms with Crippen LogP contribution in [0.3, 0.4) is 0 Å². The van der Waals surface area contributed by atoms with Gasteiger partial charge in [-0.2, -0.15) is 0 Å². The summed E-state index contributed by atoms with van der Waals surface area (Å²) >= 11 is 6.12. The van der Waals surface area contributed by atoms with E-state index in [4.69, 9.17) is 24.2 Å². The Labute approximate surface area is 108 Å². The van der Waals surface area contributed by atoms with E-state index in [1.54, 1.807) is 7.11 Å². The van der Waals surface area contributed by atoms with Crippen molar-refractivity contribution in [3.8, 4) is 5.75 Å². The van der Waals surface area contributed by atoms with Gasteiger partial charge in [-0.05, 0) is 35.1 Å². The zero-order valence-electron chi connectivity index (χ0n) is 9.56. The second-order valence-electron chi connectivity index (χ2n) is 3.77. The molecule has 1 unspecified atom stereocenters. The van der Waals surface area contributed by atoms with Crippen molar-refractivity contribution in [2.24, 2.45) is 0 Å². The maximum absolute atomic E-state index is 6.18. The van der Waals surface area contributed by atoms with Crippen LogP contribution in [0, 0.1) is 0 Å². The Balaban J connectivity index is 2.30. The van der Waals surface area contributed by atoms with Crippen molar-refractivity contribution in [1.82, 2.24) is 0 Å². The van der Waals surface area contributed by atoms with E-state index in [1.165, 1.54) is 0 Å². The standard InChI is InChI=1S/C14H12BClO/c1-17-11-8-6-10(7-9-11)14(15)12-4-2-3-5-13(12)16/h2-9,14H,1H3. The maximum atomic E-state index is 6.18. The van der Waals surface area contributed by atoms with Crippen molar-refractivity contribution in [2.45, 2.75) is 5.82 Å². The van der Waals surface area contributed by atoms with Crippen LogP contribution in [-0.2, 0) is 0 Å². The summed E-state index contributed by atoms with van der Waals surface area (Å²) in [5.74, 6) is 0.606. The highest BCUT2D eigenvalue weighted by atomic mass is 35.5. The van der Waals surface area contributed by atoms with Gasteiger partial charge in [-0.15, -0.1) is 0 Å². The Bertz CT molecular complexity index is 496. The van der Waals surface area contributed by atoms with E-state index in [0.717, 1.165) is 16.9 Å². The first kappa shape index (κ1) is 12.1. The van der Waals surface area contributed by atoms with Crippen LogP contribution >= 0.6 is 11.6 Å². The highest BCUT2D eigenvalue weighted by Crippen LogP contribution is 2.28. The van der Waals surface area contributed by atoms with Crippen LogP contribution in [0.5, 0.6) is 5.75 Å². The molecular weight excluding hydrogens is 230 g/mol. The predicted molar refractivity (Wildman–Crippen MR) is 72.0 cm³/mol. The third-order valence-electron chi connectivity index (χ3n) is 2.72. The highest BCUT2D eigenvalue weighted by Gasteiger charge is 2.10. The molecule has 0 aromatic heterocycles. The lowest BCUT2D eigenvalue weighted by molar-refractivity contribution is 0.414. The Kier molecular flexibility index (Phi) is 3.75. The van der Waals surface area contributed by atoms with Crippen molar-refractivity contribution in [1.29, 1.82) is 0 Å². The molecule has 3 heteroatoms. The fourth-order valence-corrected chi connectivity index (χ4v) is 1.97. The Morgan fingerprint density at radius 2 is 1.71 bits per heavy atom. The molecule has 0 aliphatic rings. The predicted octanol–water partition coefficient (Wildman–Crippen LogP) is 3.61. The zero-order chi connectivity index (χ0) is 12.3. The van der Waals surface area contributed by atoms with E-state index in [0.29, 0.717) is 5.02 Å². The van der Waals surface area contributed by atoms with Crippen molar-refractivity contribution in [3.05, 3.63) is 64.7 Å². The smallest absolute Gasteiger partial charge is 0.118 e. The van der Waals surface area contributed by atoms with E-state index < -0.39 is 0 Å². The Morgan fingerprint density at radius 3 is 2.29 bits per heavy atom. The van der Waals surface area contributed by atoms with Crippen LogP contribution in [0.15, 0.2) is 48.5 Å². The molecule has 2 aromatic carbocycles. The summed E-state index contributed by atoms with van der Waals surface area (Å²) in [6.45, 7) is 0. The minimum atomic E-state index is -0.213. The lowest BCUT2D eigenvalue weighted by Gasteiger charge is -2.14. The van der Waals surface area contributed by atoms with Gasteiger partial charge in [0, 0.05) is 5.02 Å². The summed E-state index contributed by atoms with van der Waals surface area (Å²) in [7, 11) is 7.83. The molecule has 1 atom stereocenters. The van der Waals surface area contributed by atoms with Crippen molar-refractivity contribution in [3.63, 3.8) is 0 Å². The largest absolute Gasteiger partial charge is 0.497 e. The molecule has 0 aliphatic carbocycles. The summed E-state index contributed by atoms with van der Waals surface area (Å²) < 4.78 is 5.11. The van der Waals surface area contributed by atoms with Gasteiger partial charge >= 0.3 is 0 Å². The van der Waals surface area contributed by atoms with Gasteiger partial charge in [-0.25, -0.2) is 0 Å². The fourth-order valence-electron chi connectivity index (χ4n) is 1.72. The van der Waals surface area contributed by atoms with Gasteiger partial charge in [0.15, 0.2) is 0 Å². The van der Waals surface area contributed by atoms with Gasteiger partial charge in [-0.1, -0.05) is 41.9 Å². The molecule has 0 aliphatic heterocycles. The molecule has 2 radical (unpaired) electrons. The first-order valence-corrected chi connectivity index (χ1v) is 5.74. The van der Waals surface area contributed by atoms with Crippen LogP contribution < -0.4 is 4.74 Å². The topological polar surface area (TPSA) is 9.23 Å². The number of methoxy groups -OCH3 is 1. The molecule has 84 valence electrons. The van der Waals surface area contributed by atoms with E-state index >= 15 is 0 Å². The molecule has 2 aromatic rings. The van der Waals surface area contributed by atoms with Crippen LogP contribution in [-0.4, -0.2) is 15.0 Å². The van der Waals surface area contributed by atoms with Crippen molar-refractivity contribution in [2.75, 3.05) is 7.11 Å². The van der Waals surface area contributed by atoms with E-state index in [1.807, 2.05) is 48.5 Å². The number of hydrogen-bond acceptors (Lipinski definition) is 1. The third-order valence-corrected chi connectivity index (χ3v) is 3.06. The number of hydrogen-bond donors (Lipinski definition) is 0. The molecule has 1 nitrogen and oxygen atoms in total. The van der Waals surface area contributed by atoms with Gasteiger partial charge in [0.05, 0.1) is 15.0 Å². The highest BCUT2D eigenvalue weighted by molar-refractivity contribution is 6.32. The molecule has 0 saturated carbocycles. The molecule has 2 rings (SSSR count). The van der Waals surface area contributed by atoms with Gasteiger partial charge < -0.3 is 4.74 Å². The summed E-state index contributed by atoms with van der Waals surface area (Å²) in [5, 5.41) is 0.691. The second kappa shape index (κ2) is 5.28. The summed E-state index contributed by atoms with van der Waals surface area (Å²) in [6.07, 6.45) is 0. The van der Waals surface area contributed by atoms with Crippen LogP contribution in [0.4, 0.5) is 0 Å². The van der Waals surface area contributed by atoms with Crippen molar-refractivity contribution >= 4 is 19.4 Å². The van der Waals surface area contributed by atoms with Gasteiger partial charge in [-0.3, -0.25) is 0 Å². The molecule has 0 amide bonds. The van der Waals surface area contributed by atoms with Gasteiger partial charge in [0.2, 0.25) is 0 Å². The van der Waals surface area contributed by atoms with Gasteiger partial charge in [0.25, 0.3) is 0 Å². The molecular formula is C14H12BClO. The first-order valence-electron chi connectivity index (χ1n) is 5.36.